The number of nitrogens with zero attached hydrogens (tertiary/aromatic N) is 1. The van der Waals surface area contributed by atoms with Gasteiger partial charge in [0.05, 0.1) is 25.7 Å². The molecule has 6 nitrogen and oxygen atoms in total. The molecule has 0 spiro atoms. The summed E-state index contributed by atoms with van der Waals surface area (Å²) < 4.78 is 10.4. The van der Waals surface area contributed by atoms with Gasteiger partial charge in [0.25, 0.3) is 0 Å². The summed E-state index contributed by atoms with van der Waals surface area (Å²) in [6.07, 6.45) is 0.109. The molecule has 1 fully saturated rings. The van der Waals surface area contributed by atoms with Crippen LogP contribution in [0.1, 0.15) is 20.3 Å². The Hall–Kier alpha value is -0.110. The summed E-state index contributed by atoms with van der Waals surface area (Å²) in [4.78, 5) is 14.2. The molecule has 8 heteroatoms. The van der Waals surface area contributed by atoms with Gasteiger partial charge in [0, 0.05) is 38.8 Å². The van der Waals surface area contributed by atoms with E-state index in [0.29, 0.717) is 19.5 Å². The van der Waals surface area contributed by atoms with Crippen LogP contribution in [0.25, 0.3) is 0 Å². The standard InChI is InChI=1S/C13H27N3O3.2ClH/c1-13(2,16-4-6-19-7-5-16)10-15-12(17)8-11(9-14)18-3;;/h11H,4-10,14H2,1-3H3,(H,15,17);2*1H. The fourth-order valence-electron chi connectivity index (χ4n) is 2.14. The van der Waals surface area contributed by atoms with Gasteiger partial charge in [-0.25, -0.2) is 0 Å². The van der Waals surface area contributed by atoms with Gasteiger partial charge < -0.3 is 20.5 Å². The van der Waals surface area contributed by atoms with Crippen molar-refractivity contribution in [2.45, 2.75) is 31.9 Å². The second-order valence-electron chi connectivity index (χ2n) is 5.49. The van der Waals surface area contributed by atoms with Crippen molar-refractivity contribution in [1.82, 2.24) is 10.2 Å². The van der Waals surface area contributed by atoms with Crippen LogP contribution in [0.15, 0.2) is 0 Å². The maximum atomic E-state index is 11.8. The fraction of sp³-hybridized carbons (Fsp3) is 0.923. The number of methoxy groups -OCH3 is 1. The molecule has 1 aliphatic rings. The lowest BCUT2D eigenvalue weighted by Crippen LogP contribution is -2.55. The highest BCUT2D eigenvalue weighted by Crippen LogP contribution is 2.15. The Labute approximate surface area is 139 Å². The van der Waals surface area contributed by atoms with Crippen LogP contribution < -0.4 is 11.1 Å². The van der Waals surface area contributed by atoms with Gasteiger partial charge in [-0.15, -0.1) is 24.8 Å². The van der Waals surface area contributed by atoms with Crippen molar-refractivity contribution >= 4 is 30.7 Å². The lowest BCUT2D eigenvalue weighted by atomic mass is 10.0. The normalized spacial score (nSPS) is 17.3. The van der Waals surface area contributed by atoms with Gasteiger partial charge in [0.1, 0.15) is 0 Å². The van der Waals surface area contributed by atoms with Crippen LogP contribution in [0, 0.1) is 0 Å². The van der Waals surface area contributed by atoms with E-state index in [0.717, 1.165) is 26.3 Å². The molecule has 128 valence electrons. The number of hydrogen-bond donors (Lipinski definition) is 2. The average Bonchev–Trinajstić information content (AvgIpc) is 2.43. The number of amides is 1. The number of nitrogens with one attached hydrogen (secondary N) is 1. The second kappa shape index (κ2) is 11.5. The zero-order valence-electron chi connectivity index (χ0n) is 13.1. The number of rotatable bonds is 7. The Kier molecular flexibility index (Phi) is 12.6. The van der Waals surface area contributed by atoms with E-state index >= 15 is 0 Å². The molecule has 0 aromatic heterocycles. The molecule has 1 atom stereocenters. The minimum absolute atomic E-state index is 0. The van der Waals surface area contributed by atoms with E-state index in [1.807, 2.05) is 0 Å². The molecule has 0 aromatic rings. The first-order chi connectivity index (χ1) is 8.99. The first kappa shape index (κ1) is 23.2. The summed E-state index contributed by atoms with van der Waals surface area (Å²) in [6, 6.07) is 0. The van der Waals surface area contributed by atoms with Gasteiger partial charge in [-0.05, 0) is 13.8 Å². The molecule has 1 aliphatic heterocycles. The molecule has 21 heavy (non-hydrogen) atoms. The molecule has 1 saturated heterocycles. The number of halogens is 2. The van der Waals surface area contributed by atoms with E-state index in [9.17, 15) is 4.79 Å². The molecule has 0 aromatic carbocycles. The molecule has 1 unspecified atom stereocenters. The zero-order chi connectivity index (χ0) is 14.3. The highest BCUT2D eigenvalue weighted by molar-refractivity contribution is 5.85. The number of hydrogen-bond acceptors (Lipinski definition) is 5. The molecule has 1 amide bonds. The molecular formula is C13H29Cl2N3O3. The quantitative estimate of drug-likeness (QED) is 0.699. The predicted octanol–water partition coefficient (Wildman–Crippen LogP) is 0.421. The Balaban J connectivity index is 0. The minimum atomic E-state index is -0.202. The highest BCUT2D eigenvalue weighted by Gasteiger charge is 2.28. The Morgan fingerprint density at radius 3 is 2.43 bits per heavy atom. The number of carbonyl (C=O) groups excluding carboxylic acids is 1. The van der Waals surface area contributed by atoms with E-state index in [2.05, 4.69) is 24.1 Å². The summed E-state index contributed by atoms with van der Waals surface area (Å²) in [5.41, 5.74) is 5.44. The Morgan fingerprint density at radius 2 is 1.95 bits per heavy atom. The van der Waals surface area contributed by atoms with Gasteiger partial charge in [0.2, 0.25) is 5.91 Å². The molecule has 1 rings (SSSR count). The monoisotopic (exact) mass is 345 g/mol. The topological polar surface area (TPSA) is 76.8 Å². The largest absolute Gasteiger partial charge is 0.380 e. The summed E-state index contributed by atoms with van der Waals surface area (Å²) >= 11 is 0. The lowest BCUT2D eigenvalue weighted by molar-refractivity contribution is -0.124. The third-order valence-corrected chi connectivity index (χ3v) is 3.59. The molecular weight excluding hydrogens is 317 g/mol. The summed E-state index contributed by atoms with van der Waals surface area (Å²) in [6.45, 7) is 8.58. The molecule has 0 saturated carbocycles. The van der Waals surface area contributed by atoms with E-state index < -0.39 is 0 Å². The highest BCUT2D eigenvalue weighted by atomic mass is 35.5. The SMILES string of the molecule is COC(CN)CC(=O)NCC(C)(C)N1CCOCC1.Cl.Cl. The van der Waals surface area contributed by atoms with Crippen LogP contribution >= 0.6 is 24.8 Å². The molecule has 0 aliphatic carbocycles. The van der Waals surface area contributed by atoms with Crippen LogP contribution in [0.5, 0.6) is 0 Å². The number of ether oxygens (including phenoxy) is 2. The maximum absolute atomic E-state index is 11.8. The Morgan fingerprint density at radius 1 is 1.38 bits per heavy atom. The van der Waals surface area contributed by atoms with E-state index in [1.165, 1.54) is 0 Å². The first-order valence-corrected chi connectivity index (χ1v) is 6.82. The Bertz CT molecular complexity index is 284. The van der Waals surface area contributed by atoms with Gasteiger partial charge in [0.15, 0.2) is 0 Å². The van der Waals surface area contributed by atoms with Crippen molar-refractivity contribution < 1.29 is 14.3 Å². The van der Waals surface area contributed by atoms with Crippen LogP contribution in [-0.4, -0.2) is 69.0 Å². The number of morpholine rings is 1. The van der Waals surface area contributed by atoms with Crippen molar-refractivity contribution in [3.05, 3.63) is 0 Å². The van der Waals surface area contributed by atoms with Crippen LogP contribution in [0.3, 0.4) is 0 Å². The zero-order valence-corrected chi connectivity index (χ0v) is 14.7. The van der Waals surface area contributed by atoms with E-state index in [-0.39, 0.29) is 42.4 Å². The van der Waals surface area contributed by atoms with Crippen LogP contribution in [0.4, 0.5) is 0 Å². The lowest BCUT2D eigenvalue weighted by Gasteiger charge is -2.40. The summed E-state index contributed by atoms with van der Waals surface area (Å²) in [7, 11) is 1.57. The van der Waals surface area contributed by atoms with Crippen LogP contribution in [0.2, 0.25) is 0 Å². The van der Waals surface area contributed by atoms with Gasteiger partial charge >= 0.3 is 0 Å². The van der Waals surface area contributed by atoms with E-state index in [1.54, 1.807) is 7.11 Å². The average molecular weight is 346 g/mol. The minimum Gasteiger partial charge on any atom is -0.380 e. The number of carbonyl (C=O) groups is 1. The van der Waals surface area contributed by atoms with Gasteiger partial charge in [-0.3, -0.25) is 9.69 Å². The third kappa shape index (κ3) is 8.18. The van der Waals surface area contributed by atoms with Crippen LogP contribution in [-0.2, 0) is 14.3 Å². The third-order valence-electron chi connectivity index (χ3n) is 3.59. The first-order valence-electron chi connectivity index (χ1n) is 6.82. The van der Waals surface area contributed by atoms with Crippen molar-refractivity contribution in [2.75, 3.05) is 46.5 Å². The molecule has 0 bridgehead atoms. The van der Waals surface area contributed by atoms with E-state index in [4.69, 9.17) is 15.2 Å². The van der Waals surface area contributed by atoms with Crippen molar-refractivity contribution in [2.24, 2.45) is 5.73 Å². The predicted molar refractivity (Wildman–Crippen MR) is 88.4 cm³/mol. The fourth-order valence-corrected chi connectivity index (χ4v) is 2.14. The number of nitrogens with two attached hydrogens (primary N) is 1. The summed E-state index contributed by atoms with van der Waals surface area (Å²) in [5.74, 6) is -0.0152. The van der Waals surface area contributed by atoms with Gasteiger partial charge in [-0.2, -0.15) is 0 Å². The van der Waals surface area contributed by atoms with Crippen molar-refractivity contribution in [1.29, 1.82) is 0 Å². The molecule has 3 N–H and O–H groups in total. The molecule has 0 radical (unpaired) electrons. The maximum Gasteiger partial charge on any atom is 0.222 e. The van der Waals surface area contributed by atoms with Crippen molar-refractivity contribution in [3.63, 3.8) is 0 Å². The summed E-state index contributed by atoms with van der Waals surface area (Å²) in [5, 5.41) is 2.96. The van der Waals surface area contributed by atoms with Crippen molar-refractivity contribution in [3.8, 4) is 0 Å². The second-order valence-corrected chi connectivity index (χ2v) is 5.49. The molecule has 1 heterocycles. The smallest absolute Gasteiger partial charge is 0.222 e. The van der Waals surface area contributed by atoms with Gasteiger partial charge in [-0.1, -0.05) is 0 Å².